The van der Waals surface area contributed by atoms with Crippen LogP contribution in [0.15, 0.2) is 29.4 Å². The minimum atomic E-state index is -4.47. The molecular weight excluding hydrogens is 541 g/mol. The lowest BCUT2D eigenvalue weighted by Crippen LogP contribution is -2.16. The van der Waals surface area contributed by atoms with Gasteiger partial charge in [-0.1, -0.05) is 30.7 Å². The second-order valence-corrected chi connectivity index (χ2v) is 10.8. The highest BCUT2D eigenvalue weighted by molar-refractivity contribution is 7.99. The summed E-state index contributed by atoms with van der Waals surface area (Å²) in [5, 5.41) is 11.9. The summed E-state index contributed by atoms with van der Waals surface area (Å²) in [6.07, 6.45) is 1.48. The quantitative estimate of drug-likeness (QED) is 0.277. The lowest BCUT2D eigenvalue weighted by atomic mass is 9.96. The van der Waals surface area contributed by atoms with Crippen LogP contribution in [0.4, 0.5) is 18.2 Å². The molecule has 3 aromatic rings. The maximum Gasteiger partial charge on any atom is 0.416 e. The van der Waals surface area contributed by atoms with Gasteiger partial charge in [-0.15, -0.1) is 21.5 Å². The van der Waals surface area contributed by atoms with Gasteiger partial charge in [-0.05, 0) is 49.4 Å². The minimum Gasteiger partial charge on any atom is -0.486 e. The summed E-state index contributed by atoms with van der Waals surface area (Å²) in [7, 11) is 3.01. The van der Waals surface area contributed by atoms with Gasteiger partial charge in [0.15, 0.2) is 11.0 Å². The highest BCUT2D eigenvalue weighted by Crippen LogP contribution is 2.38. The van der Waals surface area contributed by atoms with Gasteiger partial charge >= 0.3 is 12.1 Å². The molecule has 1 amide bonds. The number of thiophene rings is 1. The van der Waals surface area contributed by atoms with E-state index in [0.717, 1.165) is 72.9 Å². The van der Waals surface area contributed by atoms with Crippen molar-refractivity contribution in [1.29, 1.82) is 0 Å². The Balaban J connectivity index is 1.38. The van der Waals surface area contributed by atoms with Crippen LogP contribution in [0.2, 0.25) is 0 Å². The molecule has 0 atom stereocenters. The normalized spacial score (nSPS) is 13.8. The molecule has 0 bridgehead atoms. The maximum absolute atomic E-state index is 12.9. The number of fused-ring (bicyclic) bond motifs is 1. The molecule has 0 spiro atoms. The van der Waals surface area contributed by atoms with Gasteiger partial charge in [0.25, 0.3) is 0 Å². The first-order valence-corrected chi connectivity index (χ1v) is 13.8. The van der Waals surface area contributed by atoms with Crippen LogP contribution in [0.5, 0.6) is 5.75 Å². The number of aromatic nitrogens is 3. The number of rotatable bonds is 8. The predicted molar refractivity (Wildman–Crippen MR) is 138 cm³/mol. The number of methoxy groups -OCH3 is 1. The summed E-state index contributed by atoms with van der Waals surface area (Å²) in [6.45, 7) is -0.0964. The van der Waals surface area contributed by atoms with Crippen molar-refractivity contribution >= 4 is 40.0 Å². The number of halogens is 3. The highest BCUT2D eigenvalue weighted by Gasteiger charge is 2.30. The van der Waals surface area contributed by atoms with Gasteiger partial charge in [0.2, 0.25) is 5.91 Å². The summed E-state index contributed by atoms with van der Waals surface area (Å²) in [5.41, 5.74) is 0.618. The summed E-state index contributed by atoms with van der Waals surface area (Å²) >= 11 is 2.58. The standard InChI is InChI=1S/C25H27F3N4O4S2/c1-32-19(13-36-16-9-7-8-15(12-16)25(26,27)28)30-31-24(32)37-14-20(33)29-22-21(23(34)35-2)17-10-5-3-4-6-11-18(17)38-22/h7-9,12H,3-6,10-11,13-14H2,1-2H3,(H,29,33). The summed E-state index contributed by atoms with van der Waals surface area (Å²) in [6, 6.07) is 4.59. The predicted octanol–water partition coefficient (Wildman–Crippen LogP) is 5.65. The number of carbonyl (C=O) groups is 2. The molecule has 204 valence electrons. The first-order chi connectivity index (χ1) is 18.2. The number of amides is 1. The molecule has 1 aliphatic rings. The van der Waals surface area contributed by atoms with Crippen LogP contribution in [-0.4, -0.2) is 39.5 Å². The molecule has 0 unspecified atom stereocenters. The Hall–Kier alpha value is -3.06. The van der Waals surface area contributed by atoms with Crippen LogP contribution in [0, 0.1) is 0 Å². The smallest absolute Gasteiger partial charge is 0.416 e. The molecule has 1 N–H and O–H groups in total. The number of anilines is 1. The van der Waals surface area contributed by atoms with Crippen molar-refractivity contribution in [3.05, 3.63) is 51.7 Å². The van der Waals surface area contributed by atoms with Gasteiger partial charge < -0.3 is 19.4 Å². The van der Waals surface area contributed by atoms with E-state index in [4.69, 9.17) is 9.47 Å². The monoisotopic (exact) mass is 568 g/mol. The Morgan fingerprint density at radius 3 is 2.66 bits per heavy atom. The van der Waals surface area contributed by atoms with Crippen molar-refractivity contribution in [3.8, 4) is 5.75 Å². The number of alkyl halides is 3. The van der Waals surface area contributed by atoms with Crippen molar-refractivity contribution in [2.24, 2.45) is 7.05 Å². The van der Waals surface area contributed by atoms with Crippen molar-refractivity contribution in [3.63, 3.8) is 0 Å². The number of benzene rings is 1. The average Bonchev–Trinajstić information content (AvgIpc) is 3.39. The van der Waals surface area contributed by atoms with Crippen molar-refractivity contribution in [2.45, 2.75) is 56.5 Å². The Labute approximate surface area is 225 Å². The SMILES string of the molecule is COC(=O)c1c(NC(=O)CSc2nnc(COc3cccc(C(F)(F)F)c3)n2C)sc2c1CCCCCC2. The van der Waals surface area contributed by atoms with E-state index in [-0.39, 0.29) is 24.0 Å². The largest absolute Gasteiger partial charge is 0.486 e. The van der Waals surface area contributed by atoms with Gasteiger partial charge in [0.1, 0.15) is 17.4 Å². The molecule has 2 aromatic heterocycles. The van der Waals surface area contributed by atoms with Crippen LogP contribution >= 0.6 is 23.1 Å². The topological polar surface area (TPSA) is 95.3 Å². The lowest BCUT2D eigenvalue weighted by molar-refractivity contribution is -0.137. The third-order valence-corrected chi connectivity index (χ3v) is 8.33. The number of ether oxygens (including phenoxy) is 2. The molecule has 0 saturated carbocycles. The molecule has 0 fully saturated rings. The van der Waals surface area contributed by atoms with E-state index in [1.165, 1.54) is 30.6 Å². The summed E-state index contributed by atoms with van der Waals surface area (Å²) in [4.78, 5) is 26.4. The third kappa shape index (κ3) is 6.68. The molecular formula is C25H27F3N4O4S2. The zero-order valence-corrected chi connectivity index (χ0v) is 22.5. The Morgan fingerprint density at radius 2 is 1.92 bits per heavy atom. The molecule has 1 aliphatic carbocycles. The molecule has 1 aromatic carbocycles. The molecule has 8 nitrogen and oxygen atoms in total. The van der Waals surface area contributed by atoms with Crippen LogP contribution in [0.25, 0.3) is 0 Å². The number of esters is 1. The Morgan fingerprint density at radius 1 is 1.16 bits per heavy atom. The van der Waals surface area contributed by atoms with Crippen LogP contribution < -0.4 is 10.1 Å². The van der Waals surface area contributed by atoms with Crippen LogP contribution in [-0.2, 0) is 42.2 Å². The minimum absolute atomic E-state index is 0.0175. The summed E-state index contributed by atoms with van der Waals surface area (Å²) < 4.78 is 50.8. The number of aryl methyl sites for hydroxylation is 1. The number of carbonyl (C=O) groups excluding carboxylic acids is 2. The second kappa shape index (κ2) is 12.2. The van der Waals surface area contributed by atoms with E-state index in [1.807, 2.05) is 0 Å². The molecule has 38 heavy (non-hydrogen) atoms. The van der Waals surface area contributed by atoms with E-state index >= 15 is 0 Å². The third-order valence-electron chi connectivity index (χ3n) is 6.10. The number of thioether (sulfide) groups is 1. The fourth-order valence-electron chi connectivity index (χ4n) is 4.12. The first kappa shape index (κ1) is 28.0. The molecule has 0 radical (unpaired) electrons. The van der Waals surface area contributed by atoms with E-state index in [9.17, 15) is 22.8 Å². The van der Waals surface area contributed by atoms with E-state index in [1.54, 1.807) is 11.6 Å². The molecule has 0 saturated heterocycles. The van der Waals surface area contributed by atoms with Gasteiger partial charge in [-0.25, -0.2) is 4.79 Å². The van der Waals surface area contributed by atoms with E-state index in [0.29, 0.717) is 21.5 Å². The van der Waals surface area contributed by atoms with Crippen LogP contribution in [0.3, 0.4) is 0 Å². The number of hydrogen-bond acceptors (Lipinski definition) is 8. The van der Waals surface area contributed by atoms with E-state index in [2.05, 4.69) is 15.5 Å². The van der Waals surface area contributed by atoms with Gasteiger partial charge in [-0.2, -0.15) is 13.2 Å². The van der Waals surface area contributed by atoms with Crippen molar-refractivity contribution in [1.82, 2.24) is 14.8 Å². The second-order valence-electron chi connectivity index (χ2n) is 8.72. The number of nitrogens with one attached hydrogen (secondary N) is 1. The fourth-order valence-corrected chi connectivity index (χ4v) is 6.15. The fraction of sp³-hybridized carbons (Fsp3) is 0.440. The average molecular weight is 569 g/mol. The molecule has 0 aliphatic heterocycles. The highest BCUT2D eigenvalue weighted by atomic mass is 32.2. The number of nitrogens with zero attached hydrogens (tertiary/aromatic N) is 3. The van der Waals surface area contributed by atoms with E-state index < -0.39 is 17.7 Å². The number of hydrogen-bond donors (Lipinski definition) is 1. The first-order valence-electron chi connectivity index (χ1n) is 12.0. The summed E-state index contributed by atoms with van der Waals surface area (Å²) in [5.74, 6) is -0.299. The Kier molecular flexibility index (Phi) is 8.98. The Bertz CT molecular complexity index is 1310. The van der Waals surface area contributed by atoms with Crippen molar-refractivity contribution < 1.29 is 32.2 Å². The van der Waals surface area contributed by atoms with Gasteiger partial charge in [-0.3, -0.25) is 4.79 Å². The molecule has 13 heteroatoms. The zero-order valence-electron chi connectivity index (χ0n) is 20.9. The molecule has 2 heterocycles. The van der Waals surface area contributed by atoms with Gasteiger partial charge in [0.05, 0.1) is 24.0 Å². The maximum atomic E-state index is 12.9. The zero-order chi connectivity index (χ0) is 27.3. The lowest BCUT2D eigenvalue weighted by Gasteiger charge is -2.11. The van der Waals surface area contributed by atoms with Crippen LogP contribution in [0.1, 0.15) is 57.9 Å². The molecule has 4 rings (SSSR count). The van der Waals surface area contributed by atoms with Gasteiger partial charge in [0, 0.05) is 11.9 Å². The van der Waals surface area contributed by atoms with Crippen molar-refractivity contribution in [2.75, 3.05) is 18.2 Å².